The van der Waals surface area contributed by atoms with Crippen molar-refractivity contribution in [2.24, 2.45) is 0 Å². The molecule has 0 aliphatic heterocycles. The first kappa shape index (κ1) is 13.6. The maximum Gasteiger partial charge on any atom is 0.244 e. The topological polar surface area (TPSA) is 78.4 Å². The quantitative estimate of drug-likeness (QED) is 0.799. The third kappa shape index (κ3) is 2.36. The summed E-state index contributed by atoms with van der Waals surface area (Å²) in [6.45, 7) is 2.72. The van der Waals surface area contributed by atoms with E-state index < -0.39 is 10.0 Å². The van der Waals surface area contributed by atoms with Crippen molar-refractivity contribution in [2.75, 3.05) is 18.9 Å². The SMILES string of the molecule is CCNc1cccc2c(O)c(S(=O)(=O)NC)ccc12. The van der Waals surface area contributed by atoms with Crippen molar-refractivity contribution >= 4 is 26.5 Å². The van der Waals surface area contributed by atoms with E-state index in [0.717, 1.165) is 17.6 Å². The first-order chi connectivity index (χ1) is 9.01. The zero-order valence-corrected chi connectivity index (χ0v) is 11.6. The molecule has 3 N–H and O–H groups in total. The summed E-state index contributed by atoms with van der Waals surface area (Å²) < 4.78 is 25.8. The highest BCUT2D eigenvalue weighted by Gasteiger charge is 2.19. The molecule has 0 aliphatic rings. The summed E-state index contributed by atoms with van der Waals surface area (Å²) >= 11 is 0. The number of hydrogen-bond acceptors (Lipinski definition) is 4. The standard InChI is InChI=1S/C13H16N2O3S/c1-3-15-11-6-4-5-10-9(11)7-8-12(13(10)16)19(17,18)14-2/h4-8,14-16H,3H2,1-2H3. The second kappa shape index (κ2) is 5.07. The van der Waals surface area contributed by atoms with Gasteiger partial charge in [-0.1, -0.05) is 18.2 Å². The Hall–Kier alpha value is -1.79. The Kier molecular flexibility index (Phi) is 3.64. The Bertz CT molecular complexity index is 711. The van der Waals surface area contributed by atoms with E-state index in [1.54, 1.807) is 18.2 Å². The molecule has 0 fully saturated rings. The molecule has 0 atom stereocenters. The fourth-order valence-electron chi connectivity index (χ4n) is 1.99. The monoisotopic (exact) mass is 280 g/mol. The number of benzene rings is 2. The zero-order valence-electron chi connectivity index (χ0n) is 10.8. The van der Waals surface area contributed by atoms with Crippen LogP contribution in [0.4, 0.5) is 5.69 Å². The fourth-order valence-corrected chi connectivity index (χ4v) is 2.82. The molecular formula is C13H16N2O3S. The third-order valence-electron chi connectivity index (χ3n) is 2.92. The second-order valence-corrected chi connectivity index (χ2v) is 5.91. The minimum Gasteiger partial charge on any atom is -0.506 e. The Morgan fingerprint density at radius 2 is 1.89 bits per heavy atom. The van der Waals surface area contributed by atoms with Crippen molar-refractivity contribution in [1.29, 1.82) is 0 Å². The molecule has 0 aliphatic carbocycles. The average molecular weight is 280 g/mol. The first-order valence-corrected chi connectivity index (χ1v) is 7.41. The van der Waals surface area contributed by atoms with Crippen LogP contribution in [0.3, 0.4) is 0 Å². The van der Waals surface area contributed by atoms with Gasteiger partial charge in [0.1, 0.15) is 10.6 Å². The minimum absolute atomic E-state index is 0.115. The van der Waals surface area contributed by atoms with E-state index in [1.165, 1.54) is 13.1 Å². The number of phenols is 1. The molecular weight excluding hydrogens is 264 g/mol. The molecule has 19 heavy (non-hydrogen) atoms. The van der Waals surface area contributed by atoms with Crippen LogP contribution in [-0.2, 0) is 10.0 Å². The van der Waals surface area contributed by atoms with Crippen molar-refractivity contribution in [2.45, 2.75) is 11.8 Å². The zero-order chi connectivity index (χ0) is 14.0. The van der Waals surface area contributed by atoms with Gasteiger partial charge in [-0.15, -0.1) is 0 Å². The lowest BCUT2D eigenvalue weighted by Gasteiger charge is -2.11. The number of anilines is 1. The van der Waals surface area contributed by atoms with Gasteiger partial charge in [-0.3, -0.25) is 0 Å². The molecule has 6 heteroatoms. The van der Waals surface area contributed by atoms with Gasteiger partial charge >= 0.3 is 0 Å². The van der Waals surface area contributed by atoms with Crippen molar-refractivity contribution in [1.82, 2.24) is 4.72 Å². The molecule has 2 aromatic rings. The molecule has 0 radical (unpaired) electrons. The maximum absolute atomic E-state index is 11.8. The van der Waals surface area contributed by atoms with Gasteiger partial charge in [0.05, 0.1) is 0 Å². The molecule has 0 unspecified atom stereocenters. The Balaban J connectivity index is 2.74. The number of nitrogens with one attached hydrogen (secondary N) is 2. The molecule has 0 amide bonds. The van der Waals surface area contributed by atoms with Crippen LogP contribution in [0.1, 0.15) is 6.92 Å². The lowest BCUT2D eigenvalue weighted by atomic mass is 10.1. The Morgan fingerprint density at radius 1 is 1.16 bits per heavy atom. The number of rotatable bonds is 4. The number of sulfonamides is 1. The van der Waals surface area contributed by atoms with Crippen LogP contribution < -0.4 is 10.0 Å². The van der Waals surface area contributed by atoms with E-state index in [-0.39, 0.29) is 10.6 Å². The van der Waals surface area contributed by atoms with E-state index in [0.29, 0.717) is 5.39 Å². The van der Waals surface area contributed by atoms with Crippen LogP contribution in [0.25, 0.3) is 10.8 Å². The summed E-state index contributed by atoms with van der Waals surface area (Å²) in [6.07, 6.45) is 0. The predicted octanol–water partition coefficient (Wildman–Crippen LogP) is 1.89. The summed E-state index contributed by atoms with van der Waals surface area (Å²) in [5, 5.41) is 14.6. The largest absolute Gasteiger partial charge is 0.506 e. The van der Waals surface area contributed by atoms with Gasteiger partial charge in [0.2, 0.25) is 10.0 Å². The van der Waals surface area contributed by atoms with E-state index in [4.69, 9.17) is 0 Å². The van der Waals surface area contributed by atoms with Gasteiger partial charge in [0.15, 0.2) is 0 Å². The van der Waals surface area contributed by atoms with Crippen LogP contribution in [0.2, 0.25) is 0 Å². The third-order valence-corrected chi connectivity index (χ3v) is 4.37. The van der Waals surface area contributed by atoms with Gasteiger partial charge in [0.25, 0.3) is 0 Å². The molecule has 2 rings (SSSR count). The summed E-state index contributed by atoms with van der Waals surface area (Å²) in [7, 11) is -2.35. The van der Waals surface area contributed by atoms with Gasteiger partial charge in [0, 0.05) is 23.0 Å². The number of phenolic OH excluding ortho intramolecular Hbond substituents is 1. The maximum atomic E-state index is 11.8. The fraction of sp³-hybridized carbons (Fsp3) is 0.231. The van der Waals surface area contributed by atoms with Crippen molar-refractivity contribution in [3.63, 3.8) is 0 Å². The molecule has 0 aromatic heterocycles. The number of hydrogen-bond donors (Lipinski definition) is 3. The molecule has 0 spiro atoms. The molecule has 0 saturated heterocycles. The average Bonchev–Trinajstić information content (AvgIpc) is 2.40. The summed E-state index contributed by atoms with van der Waals surface area (Å²) in [5.41, 5.74) is 0.865. The Morgan fingerprint density at radius 3 is 2.53 bits per heavy atom. The number of fused-ring (bicyclic) bond motifs is 1. The van der Waals surface area contributed by atoms with E-state index >= 15 is 0 Å². The Labute approximate surface area is 112 Å². The van der Waals surface area contributed by atoms with Crippen LogP contribution in [-0.4, -0.2) is 27.1 Å². The minimum atomic E-state index is -3.67. The van der Waals surface area contributed by atoms with Crippen LogP contribution in [0, 0.1) is 0 Å². The number of aromatic hydroxyl groups is 1. The van der Waals surface area contributed by atoms with Crippen molar-refractivity contribution in [3.8, 4) is 5.75 Å². The molecule has 102 valence electrons. The van der Waals surface area contributed by atoms with E-state index in [1.807, 2.05) is 13.0 Å². The molecule has 2 aromatic carbocycles. The van der Waals surface area contributed by atoms with E-state index in [9.17, 15) is 13.5 Å². The highest BCUT2D eigenvalue weighted by Crippen LogP contribution is 2.34. The van der Waals surface area contributed by atoms with Gasteiger partial charge in [-0.05, 0) is 26.1 Å². The van der Waals surface area contributed by atoms with Crippen molar-refractivity contribution < 1.29 is 13.5 Å². The normalized spacial score (nSPS) is 11.7. The lowest BCUT2D eigenvalue weighted by Crippen LogP contribution is -2.18. The summed E-state index contributed by atoms with van der Waals surface area (Å²) in [6, 6.07) is 8.45. The highest BCUT2D eigenvalue weighted by molar-refractivity contribution is 7.89. The van der Waals surface area contributed by atoms with Crippen molar-refractivity contribution in [3.05, 3.63) is 30.3 Å². The van der Waals surface area contributed by atoms with E-state index in [2.05, 4.69) is 10.0 Å². The highest BCUT2D eigenvalue weighted by atomic mass is 32.2. The molecule has 0 bridgehead atoms. The van der Waals surface area contributed by atoms with Crippen LogP contribution in [0.5, 0.6) is 5.75 Å². The van der Waals surface area contributed by atoms with Gasteiger partial charge in [-0.2, -0.15) is 0 Å². The molecule has 0 saturated carbocycles. The van der Waals surface area contributed by atoms with Crippen LogP contribution >= 0.6 is 0 Å². The van der Waals surface area contributed by atoms with Gasteiger partial charge < -0.3 is 10.4 Å². The smallest absolute Gasteiger partial charge is 0.244 e. The van der Waals surface area contributed by atoms with Crippen LogP contribution in [0.15, 0.2) is 35.2 Å². The predicted molar refractivity (Wildman–Crippen MR) is 76.0 cm³/mol. The van der Waals surface area contributed by atoms with Gasteiger partial charge in [-0.25, -0.2) is 13.1 Å². The molecule has 5 nitrogen and oxygen atoms in total. The first-order valence-electron chi connectivity index (χ1n) is 5.93. The summed E-state index contributed by atoms with van der Waals surface area (Å²) in [5.74, 6) is -0.230. The second-order valence-electron chi connectivity index (χ2n) is 4.05. The lowest BCUT2D eigenvalue weighted by molar-refractivity contribution is 0.465. The summed E-state index contributed by atoms with van der Waals surface area (Å²) in [4.78, 5) is -0.115. The molecule has 0 heterocycles.